The van der Waals surface area contributed by atoms with Crippen LogP contribution in [0, 0.1) is 6.92 Å². The minimum Gasteiger partial charge on any atom is -0.159 e. The van der Waals surface area contributed by atoms with Crippen LogP contribution in [-0.4, -0.2) is 10.2 Å². The molecule has 0 aliphatic rings. The van der Waals surface area contributed by atoms with Gasteiger partial charge in [0, 0.05) is 0 Å². The van der Waals surface area contributed by atoms with Gasteiger partial charge in [-0.15, -0.1) is 0 Å². The third kappa shape index (κ3) is 0.954. The van der Waals surface area contributed by atoms with E-state index in [0.717, 1.165) is 5.69 Å². The predicted molar refractivity (Wildman–Crippen MR) is 31.8 cm³/mol. The number of halogens is 1. The first-order chi connectivity index (χ1) is 3.80. The van der Waals surface area contributed by atoms with E-state index in [1.165, 1.54) is 0 Å². The summed E-state index contributed by atoms with van der Waals surface area (Å²) in [6.07, 6.45) is 1.56. The monoisotopic (exact) mass is 128 g/mol. The summed E-state index contributed by atoms with van der Waals surface area (Å²) in [5, 5.41) is 7.97. The van der Waals surface area contributed by atoms with Gasteiger partial charge in [-0.1, -0.05) is 11.6 Å². The Hall–Kier alpha value is -0.630. The largest absolute Gasteiger partial charge is 0.159 e. The van der Waals surface area contributed by atoms with Gasteiger partial charge in [-0.2, -0.15) is 10.2 Å². The highest BCUT2D eigenvalue weighted by atomic mass is 35.5. The Morgan fingerprint density at radius 3 is 2.75 bits per heavy atom. The molecule has 0 fully saturated rings. The van der Waals surface area contributed by atoms with Crippen molar-refractivity contribution in [1.82, 2.24) is 10.2 Å². The summed E-state index contributed by atoms with van der Waals surface area (Å²) in [4.78, 5) is 0. The van der Waals surface area contributed by atoms with Crippen molar-refractivity contribution in [2.45, 2.75) is 6.92 Å². The second-order valence-electron chi connectivity index (χ2n) is 1.46. The van der Waals surface area contributed by atoms with Crippen LogP contribution in [0.5, 0.6) is 0 Å². The van der Waals surface area contributed by atoms with E-state index in [2.05, 4.69) is 10.2 Å². The van der Waals surface area contributed by atoms with Crippen molar-refractivity contribution in [2.75, 3.05) is 0 Å². The summed E-state index contributed by atoms with van der Waals surface area (Å²) in [5.74, 6) is 0. The highest BCUT2D eigenvalue weighted by Crippen LogP contribution is 2.07. The molecule has 0 amide bonds. The highest BCUT2D eigenvalue weighted by Gasteiger charge is 1.89. The van der Waals surface area contributed by atoms with Gasteiger partial charge in [0.2, 0.25) is 0 Å². The maximum Gasteiger partial charge on any atom is 0.0786 e. The Kier molecular flexibility index (Phi) is 1.44. The standard InChI is InChI=1S/C5H5ClN2/c1-4-5(6)2-3-7-8-4/h2-3H,1H3. The van der Waals surface area contributed by atoms with Crippen molar-refractivity contribution in [2.24, 2.45) is 0 Å². The lowest BCUT2D eigenvalue weighted by atomic mass is 10.4. The van der Waals surface area contributed by atoms with Crippen molar-refractivity contribution < 1.29 is 0 Å². The average Bonchev–Trinajstić information content (AvgIpc) is 1.77. The van der Waals surface area contributed by atoms with E-state index >= 15 is 0 Å². The van der Waals surface area contributed by atoms with Crippen molar-refractivity contribution in [3.05, 3.63) is 23.0 Å². The number of rotatable bonds is 0. The van der Waals surface area contributed by atoms with Crippen LogP contribution in [0.4, 0.5) is 0 Å². The second kappa shape index (κ2) is 2.09. The lowest BCUT2D eigenvalue weighted by Gasteiger charge is -1.88. The molecule has 0 aliphatic heterocycles. The van der Waals surface area contributed by atoms with Crippen molar-refractivity contribution in [3.63, 3.8) is 0 Å². The number of aromatic nitrogens is 2. The normalized spacial score (nSPS) is 9.25. The minimum absolute atomic E-state index is 0.667. The summed E-state index contributed by atoms with van der Waals surface area (Å²) < 4.78 is 0. The lowest BCUT2D eigenvalue weighted by molar-refractivity contribution is 0.981. The SMILES string of the molecule is Cc1nnccc1Cl. The van der Waals surface area contributed by atoms with Crippen LogP contribution in [0.25, 0.3) is 0 Å². The van der Waals surface area contributed by atoms with Crippen LogP contribution >= 0.6 is 11.6 Å². The topological polar surface area (TPSA) is 25.8 Å². The molecule has 3 heteroatoms. The molecule has 0 bridgehead atoms. The summed E-state index contributed by atoms with van der Waals surface area (Å²) in [7, 11) is 0. The van der Waals surface area contributed by atoms with Gasteiger partial charge in [-0.25, -0.2) is 0 Å². The Labute approximate surface area is 52.5 Å². The third-order valence-electron chi connectivity index (χ3n) is 0.841. The lowest BCUT2D eigenvalue weighted by Crippen LogP contribution is -1.83. The van der Waals surface area contributed by atoms with Crippen LogP contribution in [-0.2, 0) is 0 Å². The predicted octanol–water partition coefficient (Wildman–Crippen LogP) is 1.44. The van der Waals surface area contributed by atoms with E-state index in [1.807, 2.05) is 6.92 Å². The highest BCUT2D eigenvalue weighted by molar-refractivity contribution is 6.31. The molecule has 0 unspecified atom stereocenters. The molecule has 0 aliphatic carbocycles. The Morgan fingerprint density at radius 2 is 2.38 bits per heavy atom. The molecule has 1 aromatic rings. The average molecular weight is 129 g/mol. The number of nitrogens with zero attached hydrogens (tertiary/aromatic N) is 2. The number of aryl methyl sites for hydroxylation is 1. The van der Waals surface area contributed by atoms with Crippen LogP contribution in [0.2, 0.25) is 5.02 Å². The third-order valence-corrected chi connectivity index (χ3v) is 1.24. The maximum atomic E-state index is 5.61. The van der Waals surface area contributed by atoms with Crippen molar-refractivity contribution in [3.8, 4) is 0 Å². The zero-order chi connectivity index (χ0) is 5.98. The first-order valence-corrected chi connectivity index (χ1v) is 2.62. The molecular weight excluding hydrogens is 124 g/mol. The van der Waals surface area contributed by atoms with Gasteiger partial charge in [-0.3, -0.25) is 0 Å². The smallest absolute Gasteiger partial charge is 0.0786 e. The minimum atomic E-state index is 0.667. The van der Waals surface area contributed by atoms with Gasteiger partial charge in [0.05, 0.1) is 16.9 Å². The molecule has 0 radical (unpaired) electrons. The van der Waals surface area contributed by atoms with E-state index in [-0.39, 0.29) is 0 Å². The molecule has 2 nitrogen and oxygen atoms in total. The molecule has 0 aromatic carbocycles. The van der Waals surface area contributed by atoms with Crippen molar-refractivity contribution in [1.29, 1.82) is 0 Å². The van der Waals surface area contributed by atoms with Gasteiger partial charge in [-0.05, 0) is 13.0 Å². The molecule has 8 heavy (non-hydrogen) atoms. The Bertz CT molecular complexity index is 167. The van der Waals surface area contributed by atoms with E-state index in [1.54, 1.807) is 12.3 Å². The van der Waals surface area contributed by atoms with Gasteiger partial charge in [0.15, 0.2) is 0 Å². The van der Waals surface area contributed by atoms with Crippen LogP contribution in [0.1, 0.15) is 5.69 Å². The van der Waals surface area contributed by atoms with Gasteiger partial charge in [0.1, 0.15) is 0 Å². The quantitative estimate of drug-likeness (QED) is 0.529. The summed E-state index contributed by atoms with van der Waals surface area (Å²) in [5.41, 5.74) is 0.772. The van der Waals surface area contributed by atoms with E-state index in [4.69, 9.17) is 11.6 Å². The molecule has 0 N–H and O–H groups in total. The van der Waals surface area contributed by atoms with Crippen LogP contribution in [0.15, 0.2) is 12.3 Å². The summed E-state index contributed by atoms with van der Waals surface area (Å²) in [6, 6.07) is 1.71. The van der Waals surface area contributed by atoms with E-state index < -0.39 is 0 Å². The molecule has 0 atom stereocenters. The summed E-state index contributed by atoms with van der Waals surface area (Å²) in [6.45, 7) is 1.81. The number of hydrogen-bond acceptors (Lipinski definition) is 2. The van der Waals surface area contributed by atoms with Crippen LogP contribution < -0.4 is 0 Å². The first-order valence-electron chi connectivity index (χ1n) is 2.24. The molecule has 0 spiro atoms. The molecule has 1 heterocycles. The fourth-order valence-electron chi connectivity index (χ4n) is 0.387. The fraction of sp³-hybridized carbons (Fsp3) is 0.200. The van der Waals surface area contributed by atoms with Crippen LogP contribution in [0.3, 0.4) is 0 Å². The first kappa shape index (κ1) is 5.51. The molecule has 1 rings (SSSR count). The molecule has 42 valence electrons. The molecule has 0 saturated heterocycles. The summed E-state index contributed by atoms with van der Waals surface area (Å²) >= 11 is 5.61. The number of hydrogen-bond donors (Lipinski definition) is 0. The van der Waals surface area contributed by atoms with E-state index in [0.29, 0.717) is 5.02 Å². The second-order valence-corrected chi connectivity index (χ2v) is 1.87. The Balaban J connectivity index is 3.13. The van der Waals surface area contributed by atoms with Gasteiger partial charge in [0.25, 0.3) is 0 Å². The van der Waals surface area contributed by atoms with Gasteiger partial charge >= 0.3 is 0 Å². The zero-order valence-electron chi connectivity index (χ0n) is 4.43. The van der Waals surface area contributed by atoms with Crippen molar-refractivity contribution >= 4 is 11.6 Å². The molecule has 1 aromatic heterocycles. The van der Waals surface area contributed by atoms with E-state index in [9.17, 15) is 0 Å². The molecule has 0 saturated carbocycles. The Morgan fingerprint density at radius 1 is 1.62 bits per heavy atom. The van der Waals surface area contributed by atoms with Gasteiger partial charge < -0.3 is 0 Å². The maximum absolute atomic E-state index is 5.61. The molecular formula is C5H5ClN2. The fourth-order valence-corrected chi connectivity index (χ4v) is 0.481. The zero-order valence-corrected chi connectivity index (χ0v) is 5.18.